The number of H-pyrrole nitrogens is 1. The number of hydrogen-bond donors (Lipinski definition) is 2. The van der Waals surface area contributed by atoms with Crippen molar-refractivity contribution in [1.29, 1.82) is 5.26 Å². The zero-order valence-corrected chi connectivity index (χ0v) is 22.4. The Morgan fingerprint density at radius 3 is 2.89 bits per heavy atom. The van der Waals surface area contributed by atoms with Crippen LogP contribution in [0.15, 0.2) is 59.3 Å². The first-order valence-corrected chi connectivity index (χ1v) is 13.1. The van der Waals surface area contributed by atoms with Gasteiger partial charge in [0.25, 0.3) is 0 Å². The Morgan fingerprint density at radius 2 is 2.11 bits per heavy atom. The van der Waals surface area contributed by atoms with E-state index >= 15 is 0 Å². The summed E-state index contributed by atoms with van der Waals surface area (Å²) in [4.78, 5) is 26.9. The molecule has 2 atom stereocenters. The van der Waals surface area contributed by atoms with Gasteiger partial charge in [-0.1, -0.05) is 48.0 Å². The average molecular weight is 580 g/mol. The molecule has 0 aliphatic carbocycles. The molecule has 1 fully saturated rings. The Hall–Kier alpha value is -3.61. The van der Waals surface area contributed by atoms with Gasteiger partial charge in [-0.3, -0.25) is 0 Å². The molecule has 4 aromatic rings. The molecule has 0 bridgehead atoms. The number of benzene rings is 2. The number of rotatable bonds is 5. The number of aromatic nitrogens is 3. The lowest BCUT2D eigenvalue weighted by Crippen LogP contribution is -2.50. The molecule has 3 heterocycles. The Balaban J connectivity index is 1.32. The number of carbonyl (C=O) groups is 1. The Labute approximate surface area is 227 Å². The zero-order chi connectivity index (χ0) is 25.9. The van der Waals surface area contributed by atoms with E-state index < -0.39 is 0 Å². The fourth-order valence-corrected chi connectivity index (χ4v) is 5.28. The number of hydrogen-bond acceptors (Lipinski definition) is 6. The first kappa shape index (κ1) is 25.1. The second kappa shape index (κ2) is 10.8. The molecule has 5 rings (SSSR count). The molecule has 8 nitrogen and oxygen atoms in total. The number of amides is 1. The van der Waals surface area contributed by atoms with E-state index in [0.29, 0.717) is 33.2 Å². The van der Waals surface area contributed by atoms with Crippen molar-refractivity contribution >= 4 is 50.5 Å². The van der Waals surface area contributed by atoms with Crippen molar-refractivity contribution in [3.63, 3.8) is 0 Å². The third-order valence-electron chi connectivity index (χ3n) is 6.57. The first-order valence-electron chi connectivity index (χ1n) is 11.9. The van der Waals surface area contributed by atoms with Gasteiger partial charge in [-0.25, -0.2) is 14.8 Å². The van der Waals surface area contributed by atoms with E-state index in [1.807, 2.05) is 49.5 Å². The molecule has 1 aliphatic rings. The molecular weight excluding hydrogens is 556 g/mol. The summed E-state index contributed by atoms with van der Waals surface area (Å²) >= 11 is 10.00. The van der Waals surface area contributed by atoms with Gasteiger partial charge in [0.1, 0.15) is 12.7 Å². The lowest BCUT2D eigenvalue weighted by atomic mass is 10.00. The van der Waals surface area contributed by atoms with Crippen LogP contribution in [-0.4, -0.2) is 44.6 Å². The molecule has 2 N–H and O–H groups in total. The quantitative estimate of drug-likeness (QED) is 0.279. The number of ether oxygens (including phenoxy) is 1. The van der Waals surface area contributed by atoms with Crippen LogP contribution in [-0.2, 0) is 11.3 Å². The summed E-state index contributed by atoms with van der Waals surface area (Å²) in [5, 5.41) is 14.0. The standard InChI is InChI=1S/C27H24BrClN6O2/c1-16-7-9-19(14-35(16)27(36)37-15-17-5-3-2-4-6-17)33-26-32-13-22(29)24(34-26)21-12-31-25-20(21)10-8-18(11-30)23(25)28/h2-6,8,10,12-13,16,19,31H,7,9,14-15H2,1H3,(H,32,33,34)/t16-,19-/m0/s1. The van der Waals surface area contributed by atoms with Gasteiger partial charge in [-0.05, 0) is 47.3 Å². The number of halogens is 2. The predicted octanol–water partition coefficient (Wildman–Crippen LogP) is 6.51. The Bertz CT molecular complexity index is 1490. The number of nitrogens with zero attached hydrogens (tertiary/aromatic N) is 4. The maximum absolute atomic E-state index is 12.8. The fraction of sp³-hybridized carbons (Fsp3) is 0.259. The van der Waals surface area contributed by atoms with Crippen LogP contribution in [0.3, 0.4) is 0 Å². The highest BCUT2D eigenvalue weighted by Gasteiger charge is 2.30. The minimum atomic E-state index is -0.332. The number of fused-ring (bicyclic) bond motifs is 1. The number of nitrogens with one attached hydrogen (secondary N) is 2. The van der Waals surface area contributed by atoms with E-state index in [1.54, 1.807) is 17.2 Å². The van der Waals surface area contributed by atoms with Crippen LogP contribution >= 0.6 is 27.5 Å². The molecule has 2 aromatic carbocycles. The molecule has 0 radical (unpaired) electrons. The second-order valence-corrected chi connectivity index (χ2v) is 10.2. The summed E-state index contributed by atoms with van der Waals surface area (Å²) in [5.41, 5.74) is 3.66. The summed E-state index contributed by atoms with van der Waals surface area (Å²) in [7, 11) is 0. The molecule has 37 heavy (non-hydrogen) atoms. The van der Waals surface area contributed by atoms with E-state index in [4.69, 9.17) is 21.3 Å². The summed E-state index contributed by atoms with van der Waals surface area (Å²) in [6, 6.07) is 15.5. The summed E-state index contributed by atoms with van der Waals surface area (Å²) in [6.45, 7) is 2.75. The van der Waals surface area contributed by atoms with Crippen LogP contribution in [0.1, 0.15) is 30.9 Å². The Kier molecular flexibility index (Phi) is 7.31. The highest BCUT2D eigenvalue weighted by atomic mass is 79.9. The van der Waals surface area contributed by atoms with Gasteiger partial charge in [0.2, 0.25) is 5.95 Å². The minimum Gasteiger partial charge on any atom is -0.445 e. The van der Waals surface area contributed by atoms with E-state index in [1.165, 1.54) is 0 Å². The monoisotopic (exact) mass is 578 g/mol. The topological polar surface area (TPSA) is 107 Å². The summed E-state index contributed by atoms with van der Waals surface area (Å²) in [5.74, 6) is 0.429. The fourth-order valence-electron chi connectivity index (χ4n) is 4.54. The SMILES string of the molecule is C[C@H]1CC[C@H](Nc2ncc(Cl)c(-c3c[nH]c4c(Br)c(C#N)ccc34)n2)CN1C(=O)OCc1ccccc1. The van der Waals surface area contributed by atoms with Gasteiger partial charge in [0.05, 0.1) is 32.5 Å². The minimum absolute atomic E-state index is 0.0372. The van der Waals surface area contributed by atoms with Gasteiger partial charge >= 0.3 is 6.09 Å². The van der Waals surface area contributed by atoms with Gasteiger partial charge in [0.15, 0.2) is 0 Å². The van der Waals surface area contributed by atoms with Crippen LogP contribution in [0.5, 0.6) is 0 Å². The lowest BCUT2D eigenvalue weighted by Gasteiger charge is -2.37. The largest absolute Gasteiger partial charge is 0.445 e. The van der Waals surface area contributed by atoms with Crippen molar-refractivity contribution in [3.8, 4) is 17.3 Å². The van der Waals surface area contributed by atoms with Gasteiger partial charge in [0, 0.05) is 35.8 Å². The predicted molar refractivity (Wildman–Crippen MR) is 146 cm³/mol. The van der Waals surface area contributed by atoms with Crippen molar-refractivity contribution in [2.24, 2.45) is 0 Å². The number of piperidine rings is 1. The van der Waals surface area contributed by atoms with Crippen LogP contribution in [0.4, 0.5) is 10.7 Å². The van der Waals surface area contributed by atoms with Crippen LogP contribution in [0, 0.1) is 11.3 Å². The van der Waals surface area contributed by atoms with Crippen LogP contribution in [0.25, 0.3) is 22.2 Å². The summed E-state index contributed by atoms with van der Waals surface area (Å²) in [6.07, 6.45) is 4.75. The van der Waals surface area contributed by atoms with Crippen molar-refractivity contribution in [3.05, 3.63) is 75.5 Å². The van der Waals surface area contributed by atoms with Crippen molar-refractivity contribution < 1.29 is 9.53 Å². The number of carbonyl (C=O) groups excluding carboxylic acids is 1. The van der Waals surface area contributed by atoms with E-state index in [9.17, 15) is 10.1 Å². The maximum atomic E-state index is 12.8. The van der Waals surface area contributed by atoms with E-state index in [2.05, 4.69) is 37.3 Å². The second-order valence-electron chi connectivity index (χ2n) is 9.01. The van der Waals surface area contributed by atoms with Crippen LogP contribution in [0.2, 0.25) is 5.02 Å². The average Bonchev–Trinajstić information content (AvgIpc) is 3.35. The number of aromatic amines is 1. The number of nitriles is 1. The van der Waals surface area contributed by atoms with Crippen LogP contribution < -0.4 is 5.32 Å². The molecule has 2 aromatic heterocycles. The van der Waals surface area contributed by atoms with Crippen molar-refractivity contribution in [1.82, 2.24) is 19.9 Å². The van der Waals surface area contributed by atoms with Gasteiger partial charge < -0.3 is 19.9 Å². The lowest BCUT2D eigenvalue weighted by molar-refractivity contribution is 0.0695. The molecule has 10 heteroatoms. The molecule has 188 valence electrons. The Morgan fingerprint density at radius 1 is 1.30 bits per heavy atom. The van der Waals surface area contributed by atoms with Crippen molar-refractivity contribution in [2.45, 2.75) is 38.5 Å². The third-order valence-corrected chi connectivity index (χ3v) is 7.67. The molecule has 1 amide bonds. The molecule has 1 saturated heterocycles. The van der Waals surface area contributed by atoms with Crippen molar-refractivity contribution in [2.75, 3.05) is 11.9 Å². The highest BCUT2D eigenvalue weighted by molar-refractivity contribution is 9.10. The van der Waals surface area contributed by atoms with Gasteiger partial charge in [-0.2, -0.15) is 5.26 Å². The number of likely N-dealkylation sites (tertiary alicyclic amines) is 1. The zero-order valence-electron chi connectivity index (χ0n) is 20.0. The molecular formula is C27H24BrClN6O2. The molecule has 0 unspecified atom stereocenters. The van der Waals surface area contributed by atoms with Gasteiger partial charge in [-0.15, -0.1) is 0 Å². The maximum Gasteiger partial charge on any atom is 0.410 e. The smallest absolute Gasteiger partial charge is 0.410 e. The first-order chi connectivity index (χ1) is 17.9. The summed E-state index contributed by atoms with van der Waals surface area (Å²) < 4.78 is 6.26. The third kappa shape index (κ3) is 5.26. The van der Waals surface area contributed by atoms with E-state index in [0.717, 1.165) is 34.9 Å². The number of anilines is 1. The molecule has 1 aliphatic heterocycles. The highest BCUT2D eigenvalue weighted by Crippen LogP contribution is 2.36. The molecule has 0 saturated carbocycles. The van der Waals surface area contributed by atoms with E-state index in [-0.39, 0.29) is 24.8 Å². The normalized spacial score (nSPS) is 17.4. The molecule has 0 spiro atoms.